The van der Waals surface area contributed by atoms with Gasteiger partial charge >= 0.3 is 63.9 Å². The van der Waals surface area contributed by atoms with Gasteiger partial charge in [-0.25, -0.2) is 0 Å². The Hall–Kier alpha value is 2.44. The summed E-state index contributed by atoms with van der Waals surface area (Å²) in [5.41, 5.74) is 0. The minimum Gasteiger partial charge on any atom is -0.341 e. The number of rotatable bonds is 0. The molecule has 0 aliphatic rings. The molecule has 20 heavy (non-hydrogen) atoms. The van der Waals surface area contributed by atoms with E-state index < -0.39 is 0 Å². The van der Waals surface area contributed by atoms with Crippen molar-refractivity contribution in [2.45, 2.75) is 55.4 Å². The van der Waals surface area contributed by atoms with Gasteiger partial charge in [-0.05, 0) is 0 Å². The molecular weight excluding hydrogens is 746 g/mol. The van der Waals surface area contributed by atoms with Gasteiger partial charge in [0.05, 0.1) is 0 Å². The third kappa shape index (κ3) is 1300. The Labute approximate surface area is 169 Å². The molecule has 0 saturated heterocycles. The third-order valence-electron chi connectivity index (χ3n) is 0. The molecule has 0 heterocycles. The normalized spacial score (nSPS) is 7.90. The largest absolute Gasteiger partial charge is 0.341 e. The van der Waals surface area contributed by atoms with Crippen molar-refractivity contribution >= 4 is 26.0 Å². The Bertz CT molecular complexity index is 61.5. The first-order valence-corrected chi connectivity index (χ1v) is 15.9. The first-order chi connectivity index (χ1) is 8.93. The second kappa shape index (κ2) is 43.0. The van der Waals surface area contributed by atoms with Gasteiger partial charge < -0.3 is 27.7 Å². The van der Waals surface area contributed by atoms with E-state index >= 15 is 0 Å². The fourth-order valence-corrected chi connectivity index (χ4v) is 0. The predicted molar refractivity (Wildman–Crippen MR) is 98.6 cm³/mol. The molecule has 0 unspecified atom stereocenters. The van der Waals surface area contributed by atoms with Crippen LogP contribution >= 0.6 is 26.0 Å². The van der Waals surface area contributed by atoms with E-state index in [1.807, 2.05) is 0 Å². The van der Waals surface area contributed by atoms with Crippen molar-refractivity contribution in [3.8, 4) is 0 Å². The van der Waals surface area contributed by atoms with Gasteiger partial charge in [-0.3, -0.25) is 0 Å². The zero-order chi connectivity index (χ0) is 18.3. The topological polar surface area (TPSA) is 0 Å². The van der Waals surface area contributed by atoms with Crippen molar-refractivity contribution in [2.24, 2.45) is 23.7 Å². The van der Waals surface area contributed by atoms with Crippen LogP contribution in [0.5, 0.6) is 0 Å². The maximum Gasteiger partial charge on any atom is -0.0903 e. The molecule has 4 heteroatoms. The molecule has 0 aromatic rings. The van der Waals surface area contributed by atoms with E-state index in [9.17, 15) is 0 Å². The molecule has 0 amide bonds. The quantitative estimate of drug-likeness (QED) is 0.176. The van der Waals surface area contributed by atoms with Crippen molar-refractivity contribution < 1.29 is 37.9 Å². The van der Waals surface area contributed by atoms with Crippen LogP contribution < -0.4 is 0 Å². The molecule has 0 nitrogen and oxygen atoms in total. The summed E-state index contributed by atoms with van der Waals surface area (Å²) < 4.78 is 0. The van der Waals surface area contributed by atoms with Gasteiger partial charge in [-0.2, -0.15) is 23.7 Å². The monoisotopic (exact) mass is 780 g/mol. The molecule has 140 valence electrons. The van der Waals surface area contributed by atoms with Gasteiger partial charge in [-0.1, -0.05) is 55.4 Å². The second-order valence-electron chi connectivity index (χ2n) is 5.58. The molecule has 0 aliphatic carbocycles. The van der Waals surface area contributed by atoms with Gasteiger partial charge in [0.2, 0.25) is 0 Å². The van der Waals surface area contributed by atoms with Crippen molar-refractivity contribution in [1.29, 1.82) is 0 Å². The van der Waals surface area contributed by atoms with Gasteiger partial charge in [0.25, 0.3) is 0 Å². The van der Waals surface area contributed by atoms with Gasteiger partial charge in [0.1, 0.15) is 0 Å². The third-order valence-corrected chi connectivity index (χ3v) is 0. The number of hydrogen-bond acceptors (Lipinski definition) is 0. The molecule has 0 spiro atoms. The van der Waals surface area contributed by atoms with E-state index in [0.29, 0.717) is 23.7 Å². The van der Waals surface area contributed by atoms with E-state index in [4.69, 9.17) is 0 Å². The average molecular weight is 782 g/mol. The van der Waals surface area contributed by atoms with Gasteiger partial charge in [-0.15, -0.1) is 0 Å². The van der Waals surface area contributed by atoms with Crippen LogP contribution in [-0.4, -0.2) is 0 Å². The van der Waals surface area contributed by atoms with Crippen LogP contribution in [0.3, 0.4) is 0 Å². The Morgan fingerprint density at radius 3 is 0.450 bits per heavy atom. The van der Waals surface area contributed by atoms with Crippen LogP contribution in [0.1, 0.15) is 55.4 Å². The fourth-order valence-electron chi connectivity index (χ4n) is 0. The standard InChI is InChI=1S/4C4H9.2Au.2BrH/c4*1-4(2)3;;;;/h4*4H,1H2,2-3H3;;;2*1H/q4*-1;2*+1;;/p-2. The zero-order valence-corrected chi connectivity index (χ0v) is 22.0. The Balaban J connectivity index is -0.0000000301. The Morgan fingerprint density at radius 1 is 0.450 bits per heavy atom. The summed E-state index contributed by atoms with van der Waals surface area (Å²) >= 11 is 9.94. The summed E-state index contributed by atoms with van der Waals surface area (Å²) in [6.45, 7) is 31.0. The van der Waals surface area contributed by atoms with Crippen LogP contribution in [-0.2, 0) is 37.9 Å². The van der Waals surface area contributed by atoms with Gasteiger partial charge in [0.15, 0.2) is 0 Å². The van der Waals surface area contributed by atoms with Crippen LogP contribution in [0.4, 0.5) is 0 Å². The van der Waals surface area contributed by atoms with Crippen LogP contribution in [0, 0.1) is 51.4 Å². The van der Waals surface area contributed by atoms with Crippen LogP contribution in [0.2, 0.25) is 0 Å². The molecule has 0 aliphatic heterocycles. The van der Waals surface area contributed by atoms with E-state index in [1.165, 1.54) is 0 Å². The maximum atomic E-state index is 3.64. The summed E-state index contributed by atoms with van der Waals surface area (Å²) in [4.78, 5) is 0. The summed E-state index contributed by atoms with van der Waals surface area (Å²) in [5.74, 6) is 2.33. The Kier molecular flexibility index (Phi) is 82.0. The van der Waals surface area contributed by atoms with E-state index in [1.54, 1.807) is 0 Å². The Morgan fingerprint density at radius 2 is 0.450 bits per heavy atom. The molecule has 0 radical (unpaired) electrons. The minimum atomic E-state index is 0.583. The molecule has 0 N–H and O–H groups in total. The molecular formula is C16H36Au2Br2-4. The molecule has 0 bridgehead atoms. The molecule has 0 rings (SSSR count). The first kappa shape index (κ1) is 38.2. The molecule has 0 fully saturated rings. The minimum absolute atomic E-state index is 0.583. The van der Waals surface area contributed by atoms with E-state index in [-0.39, 0.29) is 0 Å². The number of hydrogen-bond donors (Lipinski definition) is 0. The predicted octanol–water partition coefficient (Wildman–Crippen LogP) is 7.59. The smallest absolute Gasteiger partial charge is 0.0903 e. The molecule has 0 saturated carbocycles. The van der Waals surface area contributed by atoms with Crippen molar-refractivity contribution in [2.75, 3.05) is 0 Å². The van der Waals surface area contributed by atoms with E-state index in [0.717, 1.165) is 0 Å². The first-order valence-electron chi connectivity index (χ1n) is 6.48. The summed E-state index contributed by atoms with van der Waals surface area (Å²) in [7, 11) is 0. The van der Waals surface area contributed by atoms with Gasteiger partial charge in [0, 0.05) is 0 Å². The van der Waals surface area contributed by atoms with E-state index in [2.05, 4.69) is 147 Å². The second-order valence-corrected chi connectivity index (χ2v) is 5.58. The van der Waals surface area contributed by atoms with Crippen molar-refractivity contribution in [3.63, 3.8) is 0 Å². The zero-order valence-electron chi connectivity index (χ0n) is 14.5. The molecule has 0 aromatic heterocycles. The fraction of sp³-hybridized carbons (Fsp3) is 0.750. The number of halogens is 2. The van der Waals surface area contributed by atoms with Crippen molar-refractivity contribution in [3.05, 3.63) is 27.7 Å². The summed E-state index contributed by atoms with van der Waals surface area (Å²) in [5, 5.41) is 0. The van der Waals surface area contributed by atoms with Crippen LogP contribution in [0.15, 0.2) is 0 Å². The van der Waals surface area contributed by atoms with Crippen LogP contribution in [0.25, 0.3) is 0 Å². The average Bonchev–Trinajstić information content (AvgIpc) is 2.19. The summed E-state index contributed by atoms with van der Waals surface area (Å²) in [6.07, 6.45) is 0. The molecule has 0 atom stereocenters. The van der Waals surface area contributed by atoms with Crippen molar-refractivity contribution in [1.82, 2.24) is 0 Å². The maximum absolute atomic E-state index is 3.64. The summed E-state index contributed by atoms with van der Waals surface area (Å²) in [6, 6.07) is 0. The SMILES string of the molecule is [Br][Au].[Br][Au].[CH2-]C(C)C.[CH2-]C(C)C.[CH2-]C(C)C.[CH2-]C(C)C. The molecule has 0 aromatic carbocycles.